The maximum Gasteiger partial charge on any atom is 3.00 e. The molecular weight excluding hydrogens is 795 g/mol. The SMILES string of the molecule is CCCC[N+](CCCC)(CCCC)CCCC.COc1cc(C=Nc2ccccc2N=Cc2cc(OC)cc(C(C)(C)C)c2[O-])c([O-])c(C(C)(C)C)c1.[Cr+3].[N-]=[N+]=[N-].[N-]=[N+]=[N-]. The molecule has 329 valence electrons. The number of methoxy groups -OCH3 is 2. The van der Waals surface area contributed by atoms with Crippen LogP contribution in [0.15, 0.2) is 58.5 Å². The third-order valence-electron chi connectivity index (χ3n) is 9.78. The number of unbranched alkanes of at least 4 members (excludes halogenated alkanes) is 4. The van der Waals surface area contributed by atoms with E-state index in [4.69, 9.17) is 31.6 Å². The number of rotatable bonds is 18. The van der Waals surface area contributed by atoms with Gasteiger partial charge in [-0.3, -0.25) is 19.8 Å². The Morgan fingerprint density at radius 3 is 1.10 bits per heavy atom. The van der Waals surface area contributed by atoms with E-state index in [2.05, 4.69) is 37.7 Å². The molecule has 13 nitrogen and oxygen atoms in total. The summed E-state index contributed by atoms with van der Waals surface area (Å²) in [7, 11) is 3.15. The molecule has 0 fully saturated rings. The molecule has 60 heavy (non-hydrogen) atoms. The molecule has 3 aromatic rings. The molecular formula is C46H70CrN9O4. The minimum absolute atomic E-state index is 0. The average Bonchev–Trinajstić information content (AvgIpc) is 3.19. The fourth-order valence-corrected chi connectivity index (χ4v) is 6.39. The summed E-state index contributed by atoms with van der Waals surface area (Å²) in [6.07, 6.45) is 14.1. The molecule has 0 N–H and O–H groups in total. The number of hydrogen-bond donors (Lipinski definition) is 0. The Morgan fingerprint density at radius 2 is 0.867 bits per heavy atom. The smallest absolute Gasteiger partial charge is 0.872 e. The minimum Gasteiger partial charge on any atom is -0.872 e. The third kappa shape index (κ3) is 20.5. The van der Waals surface area contributed by atoms with Gasteiger partial charge in [-0.2, -0.15) is 0 Å². The number of quaternary nitrogens is 1. The first-order valence-corrected chi connectivity index (χ1v) is 20.7. The maximum absolute atomic E-state index is 13.1. The monoisotopic (exact) mass is 864 g/mol. The van der Waals surface area contributed by atoms with Crippen molar-refractivity contribution in [3.63, 3.8) is 0 Å². The number of nitrogens with zero attached hydrogens (tertiary/aromatic N) is 9. The van der Waals surface area contributed by atoms with Gasteiger partial charge in [0.2, 0.25) is 0 Å². The van der Waals surface area contributed by atoms with Crippen molar-refractivity contribution in [2.24, 2.45) is 9.98 Å². The molecule has 0 unspecified atom stereocenters. The predicted octanol–water partition coefficient (Wildman–Crippen LogP) is 12.7. The first-order chi connectivity index (χ1) is 27.9. The van der Waals surface area contributed by atoms with Crippen LogP contribution in [-0.4, -0.2) is 57.3 Å². The molecule has 0 bridgehead atoms. The van der Waals surface area contributed by atoms with Crippen LogP contribution in [0, 0.1) is 0 Å². The van der Waals surface area contributed by atoms with E-state index >= 15 is 0 Å². The van der Waals surface area contributed by atoms with Crippen molar-refractivity contribution in [1.82, 2.24) is 0 Å². The van der Waals surface area contributed by atoms with Crippen molar-refractivity contribution in [2.75, 3.05) is 40.4 Å². The van der Waals surface area contributed by atoms with E-state index < -0.39 is 0 Å². The van der Waals surface area contributed by atoms with Gasteiger partial charge in [-0.1, -0.05) is 119 Å². The Balaban J connectivity index is 0. The van der Waals surface area contributed by atoms with Gasteiger partial charge in [0.05, 0.1) is 51.8 Å². The first-order valence-electron chi connectivity index (χ1n) is 20.7. The molecule has 0 saturated carbocycles. The summed E-state index contributed by atoms with van der Waals surface area (Å²) < 4.78 is 12.2. The van der Waals surface area contributed by atoms with Gasteiger partial charge in [0.15, 0.2) is 0 Å². The summed E-state index contributed by atoms with van der Waals surface area (Å²) in [5.41, 5.74) is 29.6. The third-order valence-corrected chi connectivity index (χ3v) is 9.78. The van der Waals surface area contributed by atoms with Crippen LogP contribution in [-0.2, 0) is 28.2 Å². The van der Waals surface area contributed by atoms with Crippen LogP contribution in [0.3, 0.4) is 0 Å². The van der Waals surface area contributed by atoms with E-state index in [0.717, 1.165) is 0 Å². The van der Waals surface area contributed by atoms with Crippen LogP contribution in [0.5, 0.6) is 23.0 Å². The van der Waals surface area contributed by atoms with Crippen LogP contribution < -0.4 is 19.7 Å². The number of aliphatic imine (C=N–C) groups is 2. The van der Waals surface area contributed by atoms with Crippen molar-refractivity contribution < 1.29 is 41.5 Å². The van der Waals surface area contributed by atoms with Crippen LogP contribution in [0.25, 0.3) is 31.9 Å². The normalized spacial score (nSPS) is 11.1. The number of hydrogen-bond acceptors (Lipinski definition) is 6. The van der Waals surface area contributed by atoms with E-state index in [0.29, 0.717) is 45.1 Å². The Kier molecular flexibility index (Phi) is 29.0. The van der Waals surface area contributed by atoms with Gasteiger partial charge >= 0.3 is 17.4 Å². The van der Waals surface area contributed by atoms with Crippen molar-refractivity contribution in [3.8, 4) is 23.0 Å². The molecule has 0 amide bonds. The first kappa shape index (κ1) is 57.4. The summed E-state index contributed by atoms with van der Waals surface area (Å²) in [4.78, 5) is 12.1. The molecule has 0 aliphatic carbocycles. The van der Waals surface area contributed by atoms with Crippen molar-refractivity contribution in [2.45, 2.75) is 131 Å². The van der Waals surface area contributed by atoms with Crippen LogP contribution in [0.4, 0.5) is 11.4 Å². The zero-order valence-electron chi connectivity index (χ0n) is 38.3. The Hall–Kier alpha value is -4.69. The van der Waals surface area contributed by atoms with Crippen molar-refractivity contribution >= 4 is 23.8 Å². The van der Waals surface area contributed by atoms with E-state index in [-0.39, 0.29) is 39.7 Å². The Labute approximate surface area is 371 Å². The quantitative estimate of drug-likeness (QED) is 0.0402. The van der Waals surface area contributed by atoms with Crippen molar-refractivity contribution in [3.05, 3.63) is 103 Å². The minimum atomic E-state index is -0.338. The standard InChI is InChI=1S/C30H36N2O4.C16H36N.Cr.2N3/c1-29(2,3)23-15-21(35-7)13-19(27(23)33)17-31-25-11-9-10-12-26(25)32-18-20-14-22(36-8)16-24(28(20)34)30(4,5)6;1-5-9-13-17(14-10-6-2,15-11-7-3)16-12-8-4;;2*1-3-2/h9-18,33-34H,1-8H3;5-16H2,1-4H3;;;/q;+1;+3;2*-1/p-2. The second-order valence-electron chi connectivity index (χ2n) is 16.5. The summed E-state index contributed by atoms with van der Waals surface area (Å²) in [6, 6.07) is 14.2. The molecule has 0 aliphatic heterocycles. The second kappa shape index (κ2) is 30.4. The molecule has 1 radical (unpaired) electrons. The Bertz CT molecular complexity index is 1660. The molecule has 0 spiro atoms. The van der Waals surface area contributed by atoms with Gasteiger partial charge in [-0.15, -0.1) is 0 Å². The number of benzene rings is 3. The predicted molar refractivity (Wildman–Crippen MR) is 243 cm³/mol. The van der Waals surface area contributed by atoms with Gasteiger partial charge in [0, 0.05) is 12.4 Å². The topological polar surface area (TPSA) is 207 Å². The van der Waals surface area contributed by atoms with Crippen LogP contribution in [0.2, 0.25) is 0 Å². The van der Waals surface area contributed by atoms with Gasteiger partial charge in [-0.25, -0.2) is 0 Å². The van der Waals surface area contributed by atoms with Crippen LogP contribution in [0.1, 0.15) is 143 Å². The summed E-state index contributed by atoms with van der Waals surface area (Å²) in [6.45, 7) is 26.9. The second-order valence-corrected chi connectivity index (χ2v) is 16.5. The van der Waals surface area contributed by atoms with E-state index in [1.807, 2.05) is 65.8 Å². The van der Waals surface area contributed by atoms with Gasteiger partial charge in [0.25, 0.3) is 0 Å². The van der Waals surface area contributed by atoms with E-state index in [1.165, 1.54) is 104 Å². The summed E-state index contributed by atoms with van der Waals surface area (Å²) in [5, 5.41) is 26.2. The molecule has 0 saturated heterocycles. The fraction of sp³-hybridized carbons (Fsp3) is 0.565. The summed E-state index contributed by atoms with van der Waals surface area (Å²) in [5.74, 6) is 1.02. The average molecular weight is 865 g/mol. The largest absolute Gasteiger partial charge is 3.00 e. The number of ether oxygens (including phenoxy) is 2. The van der Waals surface area contributed by atoms with Gasteiger partial charge in [0.1, 0.15) is 11.5 Å². The van der Waals surface area contributed by atoms with E-state index in [9.17, 15) is 10.2 Å². The van der Waals surface area contributed by atoms with Crippen LogP contribution >= 0.6 is 0 Å². The molecule has 3 rings (SSSR count). The zero-order valence-corrected chi connectivity index (χ0v) is 39.6. The van der Waals surface area contributed by atoms with Crippen molar-refractivity contribution in [1.29, 1.82) is 0 Å². The Morgan fingerprint density at radius 1 is 0.583 bits per heavy atom. The molecule has 0 aromatic heterocycles. The molecule has 14 heteroatoms. The maximum atomic E-state index is 13.1. The molecule has 3 aromatic carbocycles. The molecule has 0 aliphatic rings. The van der Waals surface area contributed by atoms with Gasteiger partial charge < -0.3 is 46.3 Å². The molecule has 0 heterocycles. The summed E-state index contributed by atoms with van der Waals surface area (Å²) >= 11 is 0. The fourth-order valence-electron chi connectivity index (χ4n) is 6.39. The van der Waals surface area contributed by atoms with E-state index in [1.54, 1.807) is 38.5 Å². The van der Waals surface area contributed by atoms with Gasteiger partial charge in [-0.05, 0) is 95.2 Å². The number of para-hydroxylation sites is 2. The zero-order chi connectivity index (χ0) is 45.1. The molecule has 0 atom stereocenters.